The fourth-order valence-corrected chi connectivity index (χ4v) is 3.64. The third-order valence-corrected chi connectivity index (χ3v) is 5.60. The van der Waals surface area contributed by atoms with Crippen molar-refractivity contribution in [3.05, 3.63) is 41.2 Å². The van der Waals surface area contributed by atoms with E-state index in [0.29, 0.717) is 17.9 Å². The molecule has 1 N–H and O–H groups in total. The molecule has 0 unspecified atom stereocenters. The van der Waals surface area contributed by atoms with E-state index in [-0.39, 0.29) is 17.6 Å². The molecule has 1 aromatic heterocycles. The van der Waals surface area contributed by atoms with Gasteiger partial charge in [-0.15, -0.1) is 0 Å². The van der Waals surface area contributed by atoms with Crippen LogP contribution in [0.25, 0.3) is 0 Å². The van der Waals surface area contributed by atoms with Crippen LogP contribution in [0.3, 0.4) is 0 Å². The van der Waals surface area contributed by atoms with Gasteiger partial charge in [-0.2, -0.15) is 0 Å². The van der Waals surface area contributed by atoms with Crippen molar-refractivity contribution in [2.24, 2.45) is 0 Å². The number of thioether (sulfide) groups is 1. The molecule has 0 saturated carbocycles. The minimum absolute atomic E-state index is 0.103. The first-order valence-electron chi connectivity index (χ1n) is 10.2. The topological polar surface area (TPSA) is 73.2 Å². The summed E-state index contributed by atoms with van der Waals surface area (Å²) in [5.74, 6) is -0.159. The molecule has 0 atom stereocenters. The Balaban J connectivity index is 1.88. The van der Waals surface area contributed by atoms with Crippen LogP contribution >= 0.6 is 11.8 Å². The molecule has 0 radical (unpaired) electrons. The van der Waals surface area contributed by atoms with Crippen LogP contribution in [0.2, 0.25) is 0 Å². The summed E-state index contributed by atoms with van der Waals surface area (Å²) in [6, 6.07) is 6.77. The van der Waals surface area contributed by atoms with Crippen molar-refractivity contribution in [1.82, 2.24) is 9.55 Å². The maximum absolute atomic E-state index is 12.3. The van der Waals surface area contributed by atoms with Crippen molar-refractivity contribution < 1.29 is 14.3 Å². The van der Waals surface area contributed by atoms with Gasteiger partial charge in [0.15, 0.2) is 5.16 Å². The number of aryl methyl sites for hydroxylation is 1. The summed E-state index contributed by atoms with van der Waals surface area (Å²) in [6.07, 6.45) is 4.04. The van der Waals surface area contributed by atoms with Crippen LogP contribution in [-0.2, 0) is 16.1 Å². The molecule has 7 heteroatoms. The summed E-state index contributed by atoms with van der Waals surface area (Å²) in [4.78, 5) is 28.9. The number of esters is 1. The number of imidazole rings is 1. The molecule has 6 nitrogen and oxygen atoms in total. The van der Waals surface area contributed by atoms with E-state index in [9.17, 15) is 9.59 Å². The van der Waals surface area contributed by atoms with Gasteiger partial charge in [-0.1, -0.05) is 38.5 Å². The lowest BCUT2D eigenvalue weighted by atomic mass is 10.2. The SMILES string of the molecule is CCCCOC(=O)c1ccc(NC(=O)CSc2nc(C)c(C)n2CCCC)cc1. The Hall–Kier alpha value is -2.28. The Labute approximate surface area is 177 Å². The Kier molecular flexibility index (Phi) is 9.25. The normalized spacial score (nSPS) is 10.8. The Morgan fingerprint density at radius 2 is 1.79 bits per heavy atom. The number of carbonyl (C=O) groups excluding carboxylic acids is 2. The second-order valence-corrected chi connectivity index (χ2v) is 7.92. The van der Waals surface area contributed by atoms with Crippen LogP contribution in [0.5, 0.6) is 0 Å². The zero-order valence-corrected chi connectivity index (χ0v) is 18.6. The molecule has 1 aromatic carbocycles. The highest BCUT2D eigenvalue weighted by Gasteiger charge is 2.13. The summed E-state index contributed by atoms with van der Waals surface area (Å²) in [5.41, 5.74) is 3.30. The first kappa shape index (κ1) is 23.0. The van der Waals surface area contributed by atoms with Crippen molar-refractivity contribution in [1.29, 1.82) is 0 Å². The lowest BCUT2D eigenvalue weighted by Gasteiger charge is -2.09. The van der Waals surface area contributed by atoms with Crippen LogP contribution in [0.4, 0.5) is 5.69 Å². The van der Waals surface area contributed by atoms with E-state index in [2.05, 4.69) is 28.7 Å². The van der Waals surface area contributed by atoms with Gasteiger partial charge < -0.3 is 14.6 Å². The standard InChI is InChI=1S/C22H31N3O3S/c1-5-7-13-25-17(4)16(3)23-22(25)29-15-20(26)24-19-11-9-18(10-12-19)21(27)28-14-8-6-2/h9-12H,5-8,13-15H2,1-4H3,(H,24,26). The summed E-state index contributed by atoms with van der Waals surface area (Å²) >= 11 is 1.44. The van der Waals surface area contributed by atoms with E-state index in [1.165, 1.54) is 11.8 Å². The average Bonchev–Trinajstić information content (AvgIpc) is 2.98. The fraction of sp³-hybridized carbons (Fsp3) is 0.500. The van der Waals surface area contributed by atoms with Crippen molar-refractivity contribution in [2.75, 3.05) is 17.7 Å². The number of nitrogens with one attached hydrogen (secondary N) is 1. The number of unbranched alkanes of at least 4 members (excludes halogenated alkanes) is 2. The van der Waals surface area contributed by atoms with Gasteiger partial charge in [0.25, 0.3) is 0 Å². The van der Waals surface area contributed by atoms with Gasteiger partial charge in [0.2, 0.25) is 5.91 Å². The minimum Gasteiger partial charge on any atom is -0.462 e. The number of aromatic nitrogens is 2. The Morgan fingerprint density at radius 1 is 1.10 bits per heavy atom. The van der Waals surface area contributed by atoms with Crippen molar-refractivity contribution in [2.45, 2.75) is 65.1 Å². The highest BCUT2D eigenvalue weighted by Crippen LogP contribution is 2.22. The summed E-state index contributed by atoms with van der Waals surface area (Å²) in [7, 11) is 0. The number of benzene rings is 1. The second kappa shape index (κ2) is 11.7. The van der Waals surface area contributed by atoms with Crippen LogP contribution in [0.1, 0.15) is 61.3 Å². The molecule has 0 fully saturated rings. The van der Waals surface area contributed by atoms with Crippen molar-refractivity contribution in [3.63, 3.8) is 0 Å². The molecule has 158 valence electrons. The number of anilines is 1. The molecule has 0 aliphatic heterocycles. The van der Waals surface area contributed by atoms with Crippen LogP contribution in [0, 0.1) is 13.8 Å². The molecule has 0 bridgehead atoms. The number of nitrogens with zero attached hydrogens (tertiary/aromatic N) is 2. The average molecular weight is 418 g/mol. The van der Waals surface area contributed by atoms with Gasteiger partial charge in [0.05, 0.1) is 23.6 Å². The van der Waals surface area contributed by atoms with Crippen LogP contribution < -0.4 is 5.32 Å². The molecule has 2 aromatic rings. The fourth-order valence-electron chi connectivity index (χ4n) is 2.72. The van der Waals surface area contributed by atoms with Gasteiger partial charge in [-0.3, -0.25) is 4.79 Å². The molecule has 2 rings (SSSR count). The molecule has 1 amide bonds. The number of hydrogen-bond acceptors (Lipinski definition) is 5. The minimum atomic E-state index is -0.337. The van der Waals surface area contributed by atoms with Gasteiger partial charge in [0.1, 0.15) is 0 Å². The smallest absolute Gasteiger partial charge is 0.338 e. The van der Waals surface area contributed by atoms with Crippen molar-refractivity contribution in [3.8, 4) is 0 Å². The van der Waals surface area contributed by atoms with E-state index >= 15 is 0 Å². The first-order valence-corrected chi connectivity index (χ1v) is 11.2. The zero-order chi connectivity index (χ0) is 21.2. The largest absolute Gasteiger partial charge is 0.462 e. The number of carbonyl (C=O) groups is 2. The number of amides is 1. The highest BCUT2D eigenvalue weighted by molar-refractivity contribution is 7.99. The molecular weight excluding hydrogens is 386 g/mol. The molecule has 1 heterocycles. The Bertz CT molecular complexity index is 815. The van der Waals surface area contributed by atoms with Gasteiger partial charge >= 0.3 is 5.97 Å². The predicted octanol–water partition coefficient (Wildman–Crippen LogP) is 4.99. The quantitative estimate of drug-likeness (QED) is 0.317. The van der Waals surface area contributed by atoms with E-state index in [1.54, 1.807) is 24.3 Å². The van der Waals surface area contributed by atoms with Gasteiger partial charge in [-0.25, -0.2) is 9.78 Å². The lowest BCUT2D eigenvalue weighted by Crippen LogP contribution is -2.15. The molecule has 0 spiro atoms. The van der Waals surface area contributed by atoms with Crippen molar-refractivity contribution >= 4 is 29.3 Å². The van der Waals surface area contributed by atoms with E-state index in [1.807, 2.05) is 13.8 Å². The van der Waals surface area contributed by atoms with Gasteiger partial charge in [-0.05, 0) is 51.0 Å². The predicted molar refractivity (Wildman–Crippen MR) is 118 cm³/mol. The van der Waals surface area contributed by atoms with Crippen LogP contribution in [0.15, 0.2) is 29.4 Å². The number of hydrogen-bond donors (Lipinski definition) is 1. The molecule has 0 saturated heterocycles. The first-order chi connectivity index (χ1) is 14.0. The monoisotopic (exact) mass is 417 g/mol. The van der Waals surface area contributed by atoms with E-state index in [4.69, 9.17) is 4.74 Å². The Morgan fingerprint density at radius 3 is 2.45 bits per heavy atom. The molecule has 0 aliphatic carbocycles. The number of rotatable bonds is 11. The third kappa shape index (κ3) is 6.92. The summed E-state index contributed by atoms with van der Waals surface area (Å²) < 4.78 is 7.38. The molecular formula is C22H31N3O3S. The second-order valence-electron chi connectivity index (χ2n) is 6.97. The number of ether oxygens (including phenoxy) is 1. The third-order valence-electron chi connectivity index (χ3n) is 4.63. The van der Waals surface area contributed by atoms with Crippen LogP contribution in [-0.4, -0.2) is 33.8 Å². The molecule has 29 heavy (non-hydrogen) atoms. The highest BCUT2D eigenvalue weighted by atomic mass is 32.2. The maximum Gasteiger partial charge on any atom is 0.338 e. The van der Waals surface area contributed by atoms with Gasteiger partial charge in [0, 0.05) is 17.9 Å². The maximum atomic E-state index is 12.3. The lowest BCUT2D eigenvalue weighted by molar-refractivity contribution is -0.113. The molecule has 0 aliphatic rings. The van der Waals surface area contributed by atoms with E-state index in [0.717, 1.165) is 48.8 Å². The summed E-state index contributed by atoms with van der Waals surface area (Å²) in [5, 5.41) is 3.75. The van der Waals surface area contributed by atoms with E-state index < -0.39 is 0 Å². The zero-order valence-electron chi connectivity index (χ0n) is 17.8. The summed E-state index contributed by atoms with van der Waals surface area (Å²) in [6.45, 7) is 9.62.